The number of rotatable bonds is 9. The Morgan fingerprint density at radius 2 is 1.97 bits per heavy atom. The average Bonchev–Trinajstić information content (AvgIpc) is 3.21. The highest BCUT2D eigenvalue weighted by Crippen LogP contribution is 2.28. The van der Waals surface area contributed by atoms with E-state index in [2.05, 4.69) is 25.1 Å². The van der Waals surface area contributed by atoms with Crippen molar-refractivity contribution in [1.82, 2.24) is 19.7 Å². The van der Waals surface area contributed by atoms with E-state index in [4.69, 9.17) is 9.47 Å². The number of nitrogens with one attached hydrogen (secondary N) is 1. The highest BCUT2D eigenvalue weighted by molar-refractivity contribution is 6.04. The van der Waals surface area contributed by atoms with Gasteiger partial charge in [-0.2, -0.15) is 5.10 Å². The third kappa shape index (κ3) is 5.79. The van der Waals surface area contributed by atoms with Gasteiger partial charge in [-0.25, -0.2) is 14.8 Å². The van der Waals surface area contributed by atoms with Crippen molar-refractivity contribution < 1.29 is 28.9 Å². The lowest BCUT2D eigenvalue weighted by Crippen LogP contribution is -2.20. The molecule has 2 heterocycles. The minimum Gasteiger partial charge on any atom is -0.488 e. The maximum absolute atomic E-state index is 12.8. The van der Waals surface area contributed by atoms with Crippen molar-refractivity contribution in [2.75, 3.05) is 19.0 Å². The number of carbonyl (C=O) groups excluding carboxylic acids is 2. The first kappa shape index (κ1) is 22.7. The Balaban J connectivity index is 1.87. The summed E-state index contributed by atoms with van der Waals surface area (Å²) < 4.78 is 17.6. The van der Waals surface area contributed by atoms with Crippen LogP contribution in [0.15, 0.2) is 42.9 Å². The van der Waals surface area contributed by atoms with Crippen LogP contribution in [0.1, 0.15) is 34.2 Å². The zero-order valence-corrected chi connectivity index (χ0v) is 17.8. The molecule has 11 heteroatoms. The average molecular weight is 441 g/mol. The number of aryl methyl sites for hydroxylation is 1. The van der Waals surface area contributed by atoms with Gasteiger partial charge in [0.05, 0.1) is 26.1 Å². The molecule has 3 rings (SSSR count). The number of aliphatic hydroxyl groups excluding tert-OH is 1. The fourth-order valence-corrected chi connectivity index (χ4v) is 2.64. The first-order valence-electron chi connectivity index (χ1n) is 9.73. The van der Waals surface area contributed by atoms with Crippen LogP contribution < -0.4 is 14.8 Å². The van der Waals surface area contributed by atoms with Crippen LogP contribution in [0.25, 0.3) is 0 Å². The maximum Gasteiger partial charge on any atom is 0.358 e. The van der Waals surface area contributed by atoms with E-state index in [9.17, 15) is 14.7 Å². The monoisotopic (exact) mass is 441 g/mol. The lowest BCUT2D eigenvalue weighted by molar-refractivity contribution is 0.0593. The van der Waals surface area contributed by atoms with Crippen molar-refractivity contribution in [2.24, 2.45) is 7.05 Å². The van der Waals surface area contributed by atoms with Crippen LogP contribution in [0.4, 0.5) is 5.82 Å². The third-order valence-corrected chi connectivity index (χ3v) is 4.30. The maximum atomic E-state index is 12.8. The van der Waals surface area contributed by atoms with Gasteiger partial charge < -0.3 is 24.6 Å². The van der Waals surface area contributed by atoms with Crippen LogP contribution >= 0.6 is 0 Å². The second-order valence-electron chi connectivity index (χ2n) is 6.69. The van der Waals surface area contributed by atoms with E-state index in [1.807, 2.05) is 6.92 Å². The zero-order chi connectivity index (χ0) is 23.1. The van der Waals surface area contributed by atoms with Gasteiger partial charge in [0, 0.05) is 30.9 Å². The van der Waals surface area contributed by atoms with Crippen LogP contribution in [0.2, 0.25) is 0 Å². The molecule has 1 aromatic carbocycles. The molecule has 2 aromatic heterocycles. The SMILES string of the molecule is CC[C@@H](CO)Oc1cc(Oc2cnc(C(=O)OC)cn2)cc(C(=O)Nc2ccn(C)n2)c1. The number of carbonyl (C=O) groups is 2. The number of anilines is 1. The van der Waals surface area contributed by atoms with E-state index in [0.717, 1.165) is 0 Å². The molecule has 0 spiro atoms. The predicted octanol–water partition coefficient (Wildman–Crippen LogP) is 2.19. The summed E-state index contributed by atoms with van der Waals surface area (Å²) in [7, 11) is 2.98. The standard InChI is InChI=1S/C21H23N5O6/c1-4-14(12-27)31-15-7-13(20(28)24-18-5-6-26(2)25-18)8-16(9-15)32-19-11-22-17(10-23-19)21(29)30-3/h5-11,14,27H,4,12H2,1-3H3,(H,24,25,28)/t14-/m0/s1. The Labute approximate surface area is 184 Å². The predicted molar refractivity (Wildman–Crippen MR) is 113 cm³/mol. The summed E-state index contributed by atoms with van der Waals surface area (Å²) in [6.45, 7) is 1.69. The number of methoxy groups -OCH3 is 1. The molecular weight excluding hydrogens is 418 g/mol. The molecular formula is C21H23N5O6. The topological polar surface area (TPSA) is 138 Å². The highest BCUT2D eigenvalue weighted by atomic mass is 16.5. The molecule has 3 aromatic rings. The van der Waals surface area contributed by atoms with Crippen molar-refractivity contribution in [3.63, 3.8) is 0 Å². The van der Waals surface area contributed by atoms with Gasteiger partial charge in [-0.1, -0.05) is 6.92 Å². The van der Waals surface area contributed by atoms with E-state index in [1.54, 1.807) is 30.1 Å². The van der Waals surface area contributed by atoms with Gasteiger partial charge in [-0.3, -0.25) is 9.48 Å². The number of esters is 1. The van der Waals surface area contributed by atoms with E-state index < -0.39 is 18.0 Å². The van der Waals surface area contributed by atoms with Crippen LogP contribution in [0.3, 0.4) is 0 Å². The van der Waals surface area contributed by atoms with Crippen LogP contribution in [-0.4, -0.2) is 56.6 Å². The number of hydrogen-bond donors (Lipinski definition) is 2. The largest absolute Gasteiger partial charge is 0.488 e. The minimum absolute atomic E-state index is 0.0288. The Morgan fingerprint density at radius 1 is 1.19 bits per heavy atom. The number of benzene rings is 1. The summed E-state index contributed by atoms with van der Waals surface area (Å²) >= 11 is 0. The number of hydrogen-bond acceptors (Lipinski definition) is 9. The number of ether oxygens (including phenoxy) is 3. The molecule has 1 amide bonds. The second-order valence-corrected chi connectivity index (χ2v) is 6.69. The minimum atomic E-state index is -0.623. The number of aromatic nitrogens is 4. The lowest BCUT2D eigenvalue weighted by Gasteiger charge is -2.17. The van der Waals surface area contributed by atoms with Gasteiger partial charge in [-0.05, 0) is 18.6 Å². The van der Waals surface area contributed by atoms with Crippen LogP contribution in [0.5, 0.6) is 17.4 Å². The summed E-state index contributed by atoms with van der Waals surface area (Å²) in [5.74, 6) is 0.0124. The quantitative estimate of drug-likeness (QED) is 0.479. The summed E-state index contributed by atoms with van der Waals surface area (Å²) in [6.07, 6.45) is 4.30. The molecule has 1 atom stereocenters. The molecule has 0 aliphatic carbocycles. The molecule has 0 saturated heterocycles. The number of aliphatic hydroxyl groups is 1. The third-order valence-electron chi connectivity index (χ3n) is 4.30. The first-order chi connectivity index (χ1) is 15.4. The number of amides is 1. The summed E-state index contributed by atoms with van der Waals surface area (Å²) in [5, 5.41) is 16.3. The fourth-order valence-electron chi connectivity index (χ4n) is 2.64. The Hall–Kier alpha value is -3.99. The Bertz CT molecular complexity index is 1080. The van der Waals surface area contributed by atoms with Crippen molar-refractivity contribution in [2.45, 2.75) is 19.4 Å². The van der Waals surface area contributed by atoms with Crippen molar-refractivity contribution in [3.8, 4) is 17.4 Å². The molecule has 168 valence electrons. The molecule has 0 unspecified atom stereocenters. The van der Waals surface area contributed by atoms with Gasteiger partial charge >= 0.3 is 5.97 Å². The second kappa shape index (κ2) is 10.4. The van der Waals surface area contributed by atoms with Gasteiger partial charge in [0.1, 0.15) is 17.6 Å². The number of nitrogens with zero attached hydrogens (tertiary/aromatic N) is 4. The molecule has 0 aliphatic rings. The van der Waals surface area contributed by atoms with E-state index in [1.165, 1.54) is 31.6 Å². The lowest BCUT2D eigenvalue weighted by atomic mass is 10.1. The van der Waals surface area contributed by atoms with Crippen molar-refractivity contribution >= 4 is 17.7 Å². The molecule has 32 heavy (non-hydrogen) atoms. The summed E-state index contributed by atoms with van der Waals surface area (Å²) in [4.78, 5) is 32.2. The molecule has 0 aliphatic heterocycles. The van der Waals surface area contributed by atoms with Gasteiger partial charge in [0.2, 0.25) is 5.88 Å². The zero-order valence-electron chi connectivity index (χ0n) is 17.8. The van der Waals surface area contributed by atoms with Gasteiger partial charge in [0.15, 0.2) is 11.5 Å². The van der Waals surface area contributed by atoms with E-state index in [0.29, 0.717) is 18.0 Å². The van der Waals surface area contributed by atoms with E-state index in [-0.39, 0.29) is 29.5 Å². The van der Waals surface area contributed by atoms with E-state index >= 15 is 0 Å². The highest BCUT2D eigenvalue weighted by Gasteiger charge is 2.15. The smallest absolute Gasteiger partial charge is 0.358 e. The fraction of sp³-hybridized carbons (Fsp3) is 0.286. The van der Waals surface area contributed by atoms with Gasteiger partial charge in [0.25, 0.3) is 5.91 Å². The molecule has 0 saturated carbocycles. The summed E-state index contributed by atoms with van der Waals surface area (Å²) in [5.41, 5.74) is 0.274. The molecule has 0 radical (unpaired) electrons. The normalized spacial score (nSPS) is 11.5. The molecule has 11 nitrogen and oxygen atoms in total. The Kier molecular flexibility index (Phi) is 7.34. The van der Waals surface area contributed by atoms with Crippen LogP contribution in [-0.2, 0) is 11.8 Å². The Morgan fingerprint density at radius 3 is 2.56 bits per heavy atom. The van der Waals surface area contributed by atoms with Crippen molar-refractivity contribution in [3.05, 3.63) is 54.1 Å². The molecule has 0 bridgehead atoms. The van der Waals surface area contributed by atoms with Crippen molar-refractivity contribution in [1.29, 1.82) is 0 Å². The first-order valence-corrected chi connectivity index (χ1v) is 9.73. The van der Waals surface area contributed by atoms with Crippen LogP contribution in [0, 0.1) is 0 Å². The summed E-state index contributed by atoms with van der Waals surface area (Å²) in [6, 6.07) is 6.26. The molecule has 2 N–H and O–H groups in total. The molecule has 0 fully saturated rings. The van der Waals surface area contributed by atoms with Gasteiger partial charge in [-0.15, -0.1) is 0 Å².